The van der Waals surface area contributed by atoms with E-state index in [2.05, 4.69) is 30.9 Å². The van der Waals surface area contributed by atoms with Gasteiger partial charge < -0.3 is 114 Å². The summed E-state index contributed by atoms with van der Waals surface area (Å²) in [5.74, 6) is 3.46. The maximum Gasteiger partial charge on any atom is 0.134 e. The Labute approximate surface area is 718 Å². The van der Waals surface area contributed by atoms with Crippen molar-refractivity contribution in [2.24, 2.45) is 0 Å². The summed E-state index contributed by atoms with van der Waals surface area (Å²) in [6, 6.07) is 50.3. The Kier molecular flexibility index (Phi) is 45.3. The Morgan fingerprint density at radius 1 is 0.244 bits per heavy atom. The van der Waals surface area contributed by atoms with E-state index in [1.807, 2.05) is 158 Å². The van der Waals surface area contributed by atoms with Crippen LogP contribution in [0.4, 0.5) is 0 Å². The normalized spacial score (nSPS) is 11.4. The largest absolute Gasteiger partial charge is 0.491 e. The lowest BCUT2D eigenvalue weighted by atomic mass is 10.00. The molecule has 10 aromatic rings. The number of benzene rings is 7. The smallest absolute Gasteiger partial charge is 0.134 e. The molecule has 0 aliphatic carbocycles. The Morgan fingerprint density at radius 3 is 0.813 bits per heavy atom. The van der Waals surface area contributed by atoms with Crippen molar-refractivity contribution in [3.63, 3.8) is 0 Å². The lowest BCUT2D eigenvalue weighted by molar-refractivity contribution is -0.00979. The quantitative estimate of drug-likeness (QED) is 0.0346. The number of aliphatic hydroxyl groups excluding tert-OH is 1. The fourth-order valence-corrected chi connectivity index (χ4v) is 11.8. The molecule has 33 nitrogen and oxygen atoms in total. The lowest BCUT2D eigenvalue weighted by Crippen LogP contribution is -2.14. The standard InChI is InChI=1S/C90H117N9O24/c1-101-19-22-104-25-28-107-31-34-110-37-40-113-43-46-116-82-49-76(51-84(57-82)121-69-79-63-97(94-91-79)60-72-13-7-4-8-14-72)67-119-86-55-78(90-88(118-48-45-115-42-39-112-36-33-109-30-27-106-24-21-103-3)53-75(66-100)54-89(90)123-71-81-65-99(96-93-81)62-74-17-11-6-12-18-74)56-87(59-86)120-68-77-50-83(117-47-44-114-41-38-111-35-32-108-29-26-105-23-20-102-2)58-85(52-77)122-70-80-64-98(95-92-80)61-73-15-9-5-10-16-73/h4-18,49-59,63-65,100H,19-48,60-62,66-71H2,1-3H3. The molecule has 0 unspecified atom stereocenters. The Bertz CT molecular complexity index is 4250. The average Bonchev–Trinajstić information content (AvgIpc) is 1.70. The number of aliphatic hydroxyl groups is 1. The van der Waals surface area contributed by atoms with Crippen LogP contribution in [-0.4, -0.2) is 270 Å². The van der Waals surface area contributed by atoms with Gasteiger partial charge in [-0.3, -0.25) is 0 Å². The molecule has 0 aliphatic rings. The van der Waals surface area contributed by atoms with Gasteiger partial charge in [-0.15, -0.1) is 15.3 Å². The number of nitrogens with zero attached hydrogens (tertiary/aromatic N) is 9. The predicted octanol–water partition coefficient (Wildman–Crippen LogP) is 9.94. The molecule has 0 fully saturated rings. The third-order valence-corrected chi connectivity index (χ3v) is 17.8. The lowest BCUT2D eigenvalue weighted by Gasteiger charge is -2.20. The van der Waals surface area contributed by atoms with Crippen molar-refractivity contribution < 1.29 is 114 Å². The van der Waals surface area contributed by atoms with Crippen LogP contribution in [0, 0.1) is 0 Å². The summed E-state index contributed by atoms with van der Waals surface area (Å²) in [5.41, 5.74) is 7.96. The molecule has 33 heteroatoms. The van der Waals surface area contributed by atoms with E-state index < -0.39 is 0 Å². The minimum Gasteiger partial charge on any atom is -0.491 e. The fourth-order valence-electron chi connectivity index (χ4n) is 11.8. The van der Waals surface area contributed by atoms with Crippen molar-refractivity contribution in [3.8, 4) is 57.1 Å². The summed E-state index contributed by atoms with van der Waals surface area (Å²) in [6.07, 6.45) is 5.55. The van der Waals surface area contributed by atoms with Crippen molar-refractivity contribution in [2.75, 3.05) is 220 Å². The Hall–Kier alpha value is -10.3. The number of ether oxygens (including phenoxy) is 23. The molecule has 0 aliphatic heterocycles. The first kappa shape index (κ1) is 95.0. The molecule has 0 atom stereocenters. The summed E-state index contributed by atoms with van der Waals surface area (Å²) in [7, 11) is 4.90. The van der Waals surface area contributed by atoms with Crippen molar-refractivity contribution in [1.29, 1.82) is 0 Å². The van der Waals surface area contributed by atoms with Crippen molar-refractivity contribution in [3.05, 3.63) is 227 Å². The molecular formula is C90H117N9O24. The van der Waals surface area contributed by atoms with Gasteiger partial charge in [0.2, 0.25) is 0 Å². The summed E-state index contributed by atoms with van der Waals surface area (Å²) in [5, 5.41) is 37.5. The fraction of sp³-hybridized carbons (Fsp3) is 0.467. The summed E-state index contributed by atoms with van der Waals surface area (Å²) < 4.78 is 142. The van der Waals surface area contributed by atoms with Gasteiger partial charge in [-0.1, -0.05) is 107 Å². The van der Waals surface area contributed by atoms with Gasteiger partial charge >= 0.3 is 0 Å². The molecule has 1 N–H and O–H groups in total. The molecule has 7 aromatic carbocycles. The average molecular weight is 1710 g/mol. The first-order valence-electron chi connectivity index (χ1n) is 41.3. The van der Waals surface area contributed by atoms with E-state index in [9.17, 15) is 5.11 Å². The van der Waals surface area contributed by atoms with Gasteiger partial charge in [-0.2, -0.15) is 0 Å². The monoisotopic (exact) mass is 1710 g/mol. The van der Waals surface area contributed by atoms with Crippen molar-refractivity contribution >= 4 is 0 Å². The van der Waals surface area contributed by atoms with Crippen LogP contribution in [0.1, 0.15) is 50.5 Å². The van der Waals surface area contributed by atoms with Crippen LogP contribution < -0.4 is 37.9 Å². The second kappa shape index (κ2) is 58.7. The molecule has 3 aromatic heterocycles. The number of aromatic nitrogens is 9. The van der Waals surface area contributed by atoms with Gasteiger partial charge in [-0.05, 0) is 87.5 Å². The van der Waals surface area contributed by atoms with E-state index in [-0.39, 0.29) is 79.3 Å². The van der Waals surface area contributed by atoms with Crippen LogP contribution in [0.3, 0.4) is 0 Å². The van der Waals surface area contributed by atoms with Gasteiger partial charge in [0.15, 0.2) is 0 Å². The van der Waals surface area contributed by atoms with Crippen molar-refractivity contribution in [1.82, 2.24) is 45.0 Å². The summed E-state index contributed by atoms with van der Waals surface area (Å²) in [6.45, 7) is 13.1. The second-order valence-electron chi connectivity index (χ2n) is 27.4. The van der Waals surface area contributed by atoms with Crippen LogP contribution in [0.15, 0.2) is 176 Å². The number of hydrogen-bond acceptors (Lipinski definition) is 30. The molecule has 123 heavy (non-hydrogen) atoms. The molecule has 666 valence electrons. The Balaban J connectivity index is 0.910. The second-order valence-corrected chi connectivity index (χ2v) is 27.4. The van der Waals surface area contributed by atoms with Crippen LogP contribution in [-0.2, 0) is 130 Å². The molecule has 0 radical (unpaired) electrons. The molecule has 0 saturated carbocycles. The highest BCUT2D eigenvalue weighted by Crippen LogP contribution is 2.44. The van der Waals surface area contributed by atoms with Gasteiger partial charge in [0, 0.05) is 39.5 Å². The van der Waals surface area contributed by atoms with Crippen LogP contribution in [0.5, 0.6) is 46.0 Å². The van der Waals surface area contributed by atoms with Gasteiger partial charge in [0.25, 0.3) is 0 Å². The maximum absolute atomic E-state index is 11.0. The van der Waals surface area contributed by atoms with Crippen LogP contribution in [0.2, 0.25) is 0 Å². The topological polar surface area (TPSA) is 325 Å². The zero-order valence-electron chi connectivity index (χ0n) is 70.7. The van der Waals surface area contributed by atoms with Gasteiger partial charge in [-0.25, -0.2) is 14.0 Å². The molecular weight excluding hydrogens is 1590 g/mol. The van der Waals surface area contributed by atoms with Crippen LogP contribution >= 0.6 is 0 Å². The molecule has 0 spiro atoms. The van der Waals surface area contributed by atoms with Crippen molar-refractivity contribution in [2.45, 2.75) is 59.3 Å². The number of rotatable bonds is 71. The van der Waals surface area contributed by atoms with E-state index in [4.69, 9.17) is 109 Å². The van der Waals surface area contributed by atoms with E-state index in [1.165, 1.54) is 0 Å². The zero-order chi connectivity index (χ0) is 85.3. The van der Waals surface area contributed by atoms with Gasteiger partial charge in [0.05, 0.1) is 229 Å². The molecule has 0 saturated heterocycles. The molecule has 10 rings (SSSR count). The minimum absolute atomic E-state index is 0.00751. The van der Waals surface area contributed by atoms with E-state index in [0.29, 0.717) is 269 Å². The first-order chi connectivity index (χ1) is 60.8. The third-order valence-electron chi connectivity index (χ3n) is 17.8. The minimum atomic E-state index is -0.347. The highest BCUT2D eigenvalue weighted by Gasteiger charge is 2.21. The van der Waals surface area contributed by atoms with E-state index in [1.54, 1.807) is 53.6 Å². The number of methoxy groups -OCH3 is 3. The summed E-state index contributed by atoms with van der Waals surface area (Å²) >= 11 is 0. The molecule has 0 bridgehead atoms. The maximum atomic E-state index is 11.0. The van der Waals surface area contributed by atoms with E-state index >= 15 is 0 Å². The zero-order valence-corrected chi connectivity index (χ0v) is 70.7. The van der Waals surface area contributed by atoms with Gasteiger partial charge in [0.1, 0.15) is 116 Å². The van der Waals surface area contributed by atoms with E-state index in [0.717, 1.165) is 16.7 Å². The SMILES string of the molecule is COCCOCCOCCOCCOCCOc1cc(COc2cc(OCc3cc(OCCOCCOCCOCCOCCOC)cc(OCc4cn(Cc5ccccc5)nn4)c3)cc(-c3c(OCCOCCOCCOCCOCCOC)cc(CO)cc3OCc3cn(Cc4ccccc4)nn3)c2)cc(OCc2cn(Cc3ccccc3)nn2)c1. The van der Waals surface area contributed by atoms with Crippen LogP contribution in [0.25, 0.3) is 11.1 Å². The predicted molar refractivity (Wildman–Crippen MR) is 451 cm³/mol. The number of hydrogen-bond donors (Lipinski definition) is 1. The Morgan fingerprint density at radius 2 is 0.504 bits per heavy atom. The molecule has 3 heterocycles. The summed E-state index contributed by atoms with van der Waals surface area (Å²) in [4.78, 5) is 0. The molecule has 0 amide bonds. The highest BCUT2D eigenvalue weighted by atomic mass is 16.6. The highest BCUT2D eigenvalue weighted by molar-refractivity contribution is 5.79. The third kappa shape index (κ3) is 38.6. The first-order valence-corrected chi connectivity index (χ1v) is 41.3.